The summed E-state index contributed by atoms with van der Waals surface area (Å²) < 4.78 is 63.1. The number of hydrogen-bond donors (Lipinski definition) is 2. The van der Waals surface area contributed by atoms with Crippen molar-refractivity contribution >= 4 is 16.0 Å². The van der Waals surface area contributed by atoms with Crippen LogP contribution in [0.5, 0.6) is 0 Å². The third kappa shape index (κ3) is 7.61. The van der Waals surface area contributed by atoms with E-state index in [-0.39, 0.29) is 6.54 Å². The van der Waals surface area contributed by atoms with Gasteiger partial charge in [-0.2, -0.15) is 13.2 Å². The van der Waals surface area contributed by atoms with Gasteiger partial charge in [0.1, 0.15) is 0 Å². The van der Waals surface area contributed by atoms with Crippen molar-refractivity contribution in [3.63, 3.8) is 0 Å². The first kappa shape index (κ1) is 22.2. The summed E-state index contributed by atoms with van der Waals surface area (Å²) in [5.74, 6) is 0.494. The van der Waals surface area contributed by atoms with Crippen molar-refractivity contribution in [2.75, 3.05) is 26.9 Å². The van der Waals surface area contributed by atoms with E-state index < -0.39 is 27.3 Å². The highest BCUT2D eigenvalue weighted by Gasteiger charge is 2.30. The Morgan fingerprint density at radius 2 is 1.73 bits per heavy atom. The van der Waals surface area contributed by atoms with Gasteiger partial charge in [0.2, 0.25) is 10.0 Å². The normalized spacial score (nSPS) is 13.6. The third-order valence-electron chi connectivity index (χ3n) is 3.42. The molecule has 0 aliphatic rings. The van der Waals surface area contributed by atoms with Crippen molar-refractivity contribution in [3.8, 4) is 0 Å². The molecule has 0 saturated heterocycles. The van der Waals surface area contributed by atoms with Gasteiger partial charge in [0.25, 0.3) is 0 Å². The van der Waals surface area contributed by atoms with E-state index in [1.807, 2.05) is 0 Å². The van der Waals surface area contributed by atoms with Gasteiger partial charge < -0.3 is 10.2 Å². The van der Waals surface area contributed by atoms with E-state index in [1.54, 1.807) is 32.8 Å². The van der Waals surface area contributed by atoms with Gasteiger partial charge in [-0.15, -0.1) is 0 Å². The maximum absolute atomic E-state index is 12.6. The van der Waals surface area contributed by atoms with E-state index in [1.165, 1.54) is 12.1 Å². The average Bonchev–Trinajstić information content (AvgIpc) is 2.44. The number of nitrogens with one attached hydrogen (secondary N) is 2. The lowest BCUT2D eigenvalue weighted by atomic mass is 10.1. The monoisotopic (exact) mass is 394 g/mol. The number of sulfonamides is 1. The number of halogens is 3. The quantitative estimate of drug-likeness (QED) is 0.572. The van der Waals surface area contributed by atoms with Gasteiger partial charge in [0, 0.05) is 32.7 Å². The molecule has 26 heavy (non-hydrogen) atoms. The van der Waals surface area contributed by atoms with Crippen LogP contribution in [0, 0.1) is 0 Å². The zero-order chi connectivity index (χ0) is 20.2. The van der Waals surface area contributed by atoms with E-state index in [0.717, 1.165) is 18.4 Å². The molecule has 0 amide bonds. The standard InChI is InChI=1S/C16H25F3N4O2S/c1-15(2,22-26(5,24)25)11-21-14(20-3)23(4)10-12-6-8-13(9-7-12)16(17,18)19/h6-9,22H,10-11H2,1-5H3,(H,20,21). The molecule has 1 aromatic carbocycles. The van der Waals surface area contributed by atoms with Crippen LogP contribution in [-0.2, 0) is 22.7 Å². The minimum Gasteiger partial charge on any atom is -0.354 e. The molecule has 0 aromatic heterocycles. The van der Waals surface area contributed by atoms with Gasteiger partial charge in [-0.25, -0.2) is 13.1 Å². The molecule has 1 aromatic rings. The summed E-state index contributed by atoms with van der Waals surface area (Å²) >= 11 is 0. The molecule has 0 aliphatic heterocycles. The molecule has 0 fully saturated rings. The average molecular weight is 394 g/mol. The van der Waals surface area contributed by atoms with Crippen LogP contribution in [0.25, 0.3) is 0 Å². The summed E-state index contributed by atoms with van der Waals surface area (Å²) in [7, 11) is -0.0447. The summed E-state index contributed by atoms with van der Waals surface area (Å²) in [4.78, 5) is 5.85. The summed E-state index contributed by atoms with van der Waals surface area (Å²) in [6.45, 7) is 4.08. The van der Waals surface area contributed by atoms with Crippen LogP contribution < -0.4 is 10.0 Å². The van der Waals surface area contributed by atoms with Crippen LogP contribution in [0.3, 0.4) is 0 Å². The molecule has 0 radical (unpaired) electrons. The molecular formula is C16H25F3N4O2S. The summed E-state index contributed by atoms with van der Waals surface area (Å²) in [6, 6.07) is 4.92. The van der Waals surface area contributed by atoms with Gasteiger partial charge in [-0.3, -0.25) is 4.99 Å². The van der Waals surface area contributed by atoms with Crippen LogP contribution in [-0.4, -0.2) is 51.7 Å². The Hall–Kier alpha value is -1.81. The minimum absolute atomic E-state index is 0.282. The first-order chi connectivity index (χ1) is 11.7. The number of benzene rings is 1. The maximum atomic E-state index is 12.6. The molecule has 0 bridgehead atoms. The van der Waals surface area contributed by atoms with Crippen LogP contribution in [0.1, 0.15) is 25.0 Å². The largest absolute Gasteiger partial charge is 0.416 e. The molecule has 10 heteroatoms. The molecule has 0 unspecified atom stereocenters. The molecule has 2 N–H and O–H groups in total. The fraction of sp³-hybridized carbons (Fsp3) is 0.562. The van der Waals surface area contributed by atoms with Gasteiger partial charge in [0.15, 0.2) is 5.96 Å². The predicted octanol–water partition coefficient (Wildman–Crippen LogP) is 2.04. The molecule has 0 heterocycles. The highest BCUT2D eigenvalue weighted by atomic mass is 32.2. The number of aliphatic imine (C=N–C) groups is 1. The van der Waals surface area contributed by atoms with Gasteiger partial charge in [0.05, 0.1) is 11.8 Å². The van der Waals surface area contributed by atoms with Crippen molar-refractivity contribution < 1.29 is 21.6 Å². The predicted molar refractivity (Wildman–Crippen MR) is 96.3 cm³/mol. The van der Waals surface area contributed by atoms with E-state index in [9.17, 15) is 21.6 Å². The van der Waals surface area contributed by atoms with E-state index >= 15 is 0 Å². The Balaban J connectivity index is 2.71. The van der Waals surface area contributed by atoms with Gasteiger partial charge >= 0.3 is 6.18 Å². The number of nitrogens with zero attached hydrogens (tertiary/aromatic N) is 2. The fourth-order valence-electron chi connectivity index (χ4n) is 2.37. The van der Waals surface area contributed by atoms with Crippen molar-refractivity contribution in [2.45, 2.75) is 32.1 Å². The second kappa shape index (κ2) is 8.26. The highest BCUT2D eigenvalue weighted by Crippen LogP contribution is 2.29. The lowest BCUT2D eigenvalue weighted by molar-refractivity contribution is -0.137. The van der Waals surface area contributed by atoms with Crippen LogP contribution >= 0.6 is 0 Å². The van der Waals surface area contributed by atoms with Crippen molar-refractivity contribution in [2.24, 2.45) is 4.99 Å². The lowest BCUT2D eigenvalue weighted by Gasteiger charge is -2.29. The minimum atomic E-state index is -4.36. The zero-order valence-corrected chi connectivity index (χ0v) is 16.3. The second-order valence-corrected chi connectivity index (χ2v) is 8.46. The molecule has 0 saturated carbocycles. The Morgan fingerprint density at radius 3 is 2.15 bits per heavy atom. The van der Waals surface area contributed by atoms with Crippen LogP contribution in [0.15, 0.2) is 29.3 Å². The van der Waals surface area contributed by atoms with Crippen molar-refractivity contribution in [1.82, 2.24) is 14.9 Å². The summed E-state index contributed by atoms with van der Waals surface area (Å²) in [6.07, 6.45) is -3.28. The molecule has 1 rings (SSSR count). The Kier molecular flexibility index (Phi) is 7.06. The topological polar surface area (TPSA) is 73.8 Å². The van der Waals surface area contributed by atoms with E-state index in [4.69, 9.17) is 0 Å². The summed E-state index contributed by atoms with van der Waals surface area (Å²) in [5.41, 5.74) is -0.740. The number of rotatable bonds is 6. The number of hydrogen-bond acceptors (Lipinski definition) is 3. The van der Waals surface area contributed by atoms with E-state index in [2.05, 4.69) is 15.0 Å². The first-order valence-electron chi connectivity index (χ1n) is 7.80. The zero-order valence-electron chi connectivity index (χ0n) is 15.5. The molecule has 6 nitrogen and oxygen atoms in total. The smallest absolute Gasteiger partial charge is 0.354 e. The van der Waals surface area contributed by atoms with Gasteiger partial charge in [-0.1, -0.05) is 12.1 Å². The molecule has 148 valence electrons. The number of guanidine groups is 1. The maximum Gasteiger partial charge on any atom is 0.416 e. The second-order valence-electron chi connectivity index (χ2n) is 6.71. The first-order valence-corrected chi connectivity index (χ1v) is 9.69. The Bertz CT molecular complexity index is 729. The third-order valence-corrected chi connectivity index (χ3v) is 4.35. The number of alkyl halides is 3. The van der Waals surface area contributed by atoms with E-state index in [0.29, 0.717) is 18.1 Å². The lowest BCUT2D eigenvalue weighted by Crippen LogP contribution is -2.53. The SMILES string of the molecule is CN=C(NCC(C)(C)NS(C)(=O)=O)N(C)Cc1ccc(C(F)(F)F)cc1. The van der Waals surface area contributed by atoms with Gasteiger partial charge in [-0.05, 0) is 31.5 Å². The Labute approximate surface area is 152 Å². The molecule has 0 atom stereocenters. The van der Waals surface area contributed by atoms with Crippen molar-refractivity contribution in [1.29, 1.82) is 0 Å². The molecule has 0 aliphatic carbocycles. The summed E-state index contributed by atoms with van der Waals surface area (Å²) in [5, 5.41) is 3.06. The van der Waals surface area contributed by atoms with Crippen LogP contribution in [0.4, 0.5) is 13.2 Å². The molecule has 0 spiro atoms. The van der Waals surface area contributed by atoms with Crippen molar-refractivity contribution in [3.05, 3.63) is 35.4 Å². The highest BCUT2D eigenvalue weighted by molar-refractivity contribution is 7.88. The Morgan fingerprint density at radius 1 is 1.19 bits per heavy atom. The molecular weight excluding hydrogens is 369 g/mol. The fourth-order valence-corrected chi connectivity index (χ4v) is 3.45. The van der Waals surface area contributed by atoms with Crippen LogP contribution in [0.2, 0.25) is 0 Å².